The molecule has 0 radical (unpaired) electrons. The molecule has 0 aliphatic heterocycles. The zero-order valence-electron chi connectivity index (χ0n) is 10.5. The van der Waals surface area contributed by atoms with E-state index in [2.05, 4.69) is 10.5 Å². The Kier molecular flexibility index (Phi) is 4.21. The lowest BCUT2D eigenvalue weighted by atomic mass is 10.1. The van der Waals surface area contributed by atoms with E-state index in [4.69, 9.17) is 0 Å². The van der Waals surface area contributed by atoms with E-state index in [1.54, 1.807) is 0 Å². The number of halogens is 5. The first-order chi connectivity index (χ1) is 9.86. The van der Waals surface area contributed by atoms with Crippen LogP contribution in [0.5, 0.6) is 0 Å². The summed E-state index contributed by atoms with van der Waals surface area (Å²) in [5.74, 6) is -1.54. The SMILES string of the molecule is Fc1ccc(N/N=C/c2ccc(C(F)(F)F)cc2)c(F)c1. The van der Waals surface area contributed by atoms with E-state index >= 15 is 0 Å². The van der Waals surface area contributed by atoms with Gasteiger partial charge in [0.2, 0.25) is 0 Å². The second kappa shape index (κ2) is 5.90. The molecule has 1 N–H and O–H groups in total. The van der Waals surface area contributed by atoms with Crippen LogP contribution in [0.4, 0.5) is 27.6 Å². The molecule has 0 saturated heterocycles. The Bertz CT molecular complexity index is 647. The fourth-order valence-corrected chi connectivity index (χ4v) is 1.51. The van der Waals surface area contributed by atoms with E-state index in [0.717, 1.165) is 24.3 Å². The highest BCUT2D eigenvalue weighted by Crippen LogP contribution is 2.28. The Morgan fingerprint density at radius 2 is 1.62 bits per heavy atom. The van der Waals surface area contributed by atoms with Gasteiger partial charge in [0.15, 0.2) is 5.82 Å². The van der Waals surface area contributed by atoms with Gasteiger partial charge in [-0.15, -0.1) is 0 Å². The average molecular weight is 300 g/mol. The molecule has 2 aromatic rings. The fraction of sp³-hybridized carbons (Fsp3) is 0.0714. The van der Waals surface area contributed by atoms with Gasteiger partial charge in [0.1, 0.15) is 5.82 Å². The molecule has 0 atom stereocenters. The highest BCUT2D eigenvalue weighted by atomic mass is 19.4. The maximum absolute atomic E-state index is 13.3. The molecule has 0 bridgehead atoms. The number of rotatable bonds is 3. The van der Waals surface area contributed by atoms with Crippen LogP contribution in [0.25, 0.3) is 0 Å². The lowest BCUT2D eigenvalue weighted by molar-refractivity contribution is -0.137. The molecule has 0 unspecified atom stereocenters. The molecule has 0 aromatic heterocycles. The van der Waals surface area contributed by atoms with Crippen molar-refractivity contribution in [1.29, 1.82) is 0 Å². The largest absolute Gasteiger partial charge is 0.416 e. The van der Waals surface area contributed by atoms with Gasteiger partial charge in [0.05, 0.1) is 17.5 Å². The van der Waals surface area contributed by atoms with Crippen LogP contribution in [0.15, 0.2) is 47.6 Å². The van der Waals surface area contributed by atoms with Crippen molar-refractivity contribution in [1.82, 2.24) is 0 Å². The quantitative estimate of drug-likeness (QED) is 0.506. The molecule has 110 valence electrons. The highest BCUT2D eigenvalue weighted by molar-refractivity contribution is 5.80. The minimum Gasteiger partial charge on any atom is -0.276 e. The number of benzene rings is 2. The lowest BCUT2D eigenvalue weighted by Crippen LogP contribution is -2.04. The summed E-state index contributed by atoms with van der Waals surface area (Å²) >= 11 is 0. The molecule has 2 rings (SSSR count). The van der Waals surface area contributed by atoms with Crippen LogP contribution >= 0.6 is 0 Å². The number of alkyl halides is 3. The molecule has 0 aliphatic carbocycles. The van der Waals surface area contributed by atoms with Gasteiger partial charge < -0.3 is 0 Å². The first-order valence-corrected chi connectivity index (χ1v) is 5.77. The first kappa shape index (κ1) is 15.0. The van der Waals surface area contributed by atoms with E-state index < -0.39 is 23.4 Å². The van der Waals surface area contributed by atoms with Crippen LogP contribution in [0.3, 0.4) is 0 Å². The van der Waals surface area contributed by atoms with E-state index in [1.807, 2.05) is 0 Å². The molecule has 0 spiro atoms. The summed E-state index contributed by atoms with van der Waals surface area (Å²) in [7, 11) is 0. The standard InChI is InChI=1S/C14H9F5N2/c15-11-5-6-13(12(16)7-11)21-20-8-9-1-3-10(4-2-9)14(17,18)19/h1-8,21H/b20-8+. The summed E-state index contributed by atoms with van der Waals surface area (Å²) in [5.41, 5.74) is 1.93. The van der Waals surface area contributed by atoms with Gasteiger partial charge >= 0.3 is 6.18 Å². The van der Waals surface area contributed by atoms with Crippen molar-refractivity contribution in [2.75, 3.05) is 5.43 Å². The van der Waals surface area contributed by atoms with Crippen molar-refractivity contribution in [3.63, 3.8) is 0 Å². The van der Waals surface area contributed by atoms with Gasteiger partial charge in [-0.3, -0.25) is 5.43 Å². The summed E-state index contributed by atoms with van der Waals surface area (Å²) < 4.78 is 63.0. The molecule has 21 heavy (non-hydrogen) atoms. The summed E-state index contributed by atoms with van der Waals surface area (Å²) in [5, 5.41) is 3.68. The van der Waals surface area contributed by atoms with Crippen LogP contribution in [0.1, 0.15) is 11.1 Å². The Labute approximate surface area is 116 Å². The second-order valence-electron chi connectivity index (χ2n) is 4.11. The topological polar surface area (TPSA) is 24.4 Å². The monoisotopic (exact) mass is 300 g/mol. The maximum Gasteiger partial charge on any atom is 0.416 e. The number of hydrogen-bond donors (Lipinski definition) is 1. The van der Waals surface area contributed by atoms with Gasteiger partial charge in [-0.1, -0.05) is 12.1 Å². The van der Waals surface area contributed by atoms with Gasteiger partial charge in [0.25, 0.3) is 0 Å². The number of nitrogens with zero attached hydrogens (tertiary/aromatic N) is 1. The van der Waals surface area contributed by atoms with Crippen LogP contribution in [0.2, 0.25) is 0 Å². The zero-order chi connectivity index (χ0) is 15.5. The van der Waals surface area contributed by atoms with Crippen LogP contribution < -0.4 is 5.43 Å². The van der Waals surface area contributed by atoms with Crippen LogP contribution in [0, 0.1) is 11.6 Å². The van der Waals surface area contributed by atoms with Crippen molar-refractivity contribution >= 4 is 11.9 Å². The van der Waals surface area contributed by atoms with Gasteiger partial charge in [-0.25, -0.2) is 8.78 Å². The number of nitrogens with one attached hydrogen (secondary N) is 1. The third-order valence-electron chi connectivity index (χ3n) is 2.57. The Balaban J connectivity index is 2.04. The van der Waals surface area contributed by atoms with Crippen LogP contribution in [-0.2, 0) is 6.18 Å². The number of hydrogen-bond acceptors (Lipinski definition) is 2. The summed E-state index contributed by atoms with van der Waals surface area (Å²) in [4.78, 5) is 0. The summed E-state index contributed by atoms with van der Waals surface area (Å²) in [6.07, 6.45) is -3.17. The normalized spacial score (nSPS) is 11.9. The number of anilines is 1. The molecule has 7 heteroatoms. The van der Waals surface area contributed by atoms with Crippen molar-refractivity contribution < 1.29 is 22.0 Å². The lowest BCUT2D eigenvalue weighted by Gasteiger charge is -2.06. The van der Waals surface area contributed by atoms with Crippen molar-refractivity contribution in [3.05, 3.63) is 65.2 Å². The molecular formula is C14H9F5N2. The van der Waals surface area contributed by atoms with E-state index in [-0.39, 0.29) is 5.69 Å². The van der Waals surface area contributed by atoms with Gasteiger partial charge in [-0.05, 0) is 29.8 Å². The predicted octanol–water partition coefficient (Wildman–Crippen LogP) is 4.43. The zero-order valence-corrected chi connectivity index (χ0v) is 10.5. The number of hydrazone groups is 1. The van der Waals surface area contributed by atoms with Crippen molar-refractivity contribution in [2.24, 2.45) is 5.10 Å². The maximum atomic E-state index is 13.3. The predicted molar refractivity (Wildman–Crippen MR) is 69.0 cm³/mol. The molecule has 0 heterocycles. The summed E-state index contributed by atoms with van der Waals surface area (Å²) in [6, 6.07) is 7.20. The molecule has 0 aliphatic rings. The Hall–Kier alpha value is -2.44. The Morgan fingerprint density at radius 3 is 2.19 bits per heavy atom. The highest BCUT2D eigenvalue weighted by Gasteiger charge is 2.29. The van der Waals surface area contributed by atoms with Gasteiger partial charge in [0, 0.05) is 6.07 Å². The molecule has 2 nitrogen and oxygen atoms in total. The van der Waals surface area contributed by atoms with E-state index in [9.17, 15) is 22.0 Å². The van der Waals surface area contributed by atoms with E-state index in [0.29, 0.717) is 11.6 Å². The second-order valence-corrected chi connectivity index (χ2v) is 4.11. The fourth-order valence-electron chi connectivity index (χ4n) is 1.51. The molecule has 0 saturated carbocycles. The van der Waals surface area contributed by atoms with Gasteiger partial charge in [-0.2, -0.15) is 18.3 Å². The van der Waals surface area contributed by atoms with Crippen LogP contribution in [-0.4, -0.2) is 6.21 Å². The minimum absolute atomic E-state index is 0.0421. The van der Waals surface area contributed by atoms with E-state index in [1.165, 1.54) is 18.3 Å². The first-order valence-electron chi connectivity index (χ1n) is 5.77. The minimum atomic E-state index is -4.40. The smallest absolute Gasteiger partial charge is 0.276 e. The molecular weight excluding hydrogens is 291 g/mol. The molecule has 2 aromatic carbocycles. The molecule has 0 amide bonds. The third kappa shape index (κ3) is 4.01. The Morgan fingerprint density at radius 1 is 0.952 bits per heavy atom. The average Bonchev–Trinajstić information content (AvgIpc) is 2.41. The van der Waals surface area contributed by atoms with Crippen molar-refractivity contribution in [2.45, 2.75) is 6.18 Å². The third-order valence-corrected chi connectivity index (χ3v) is 2.57. The van der Waals surface area contributed by atoms with Crippen molar-refractivity contribution in [3.8, 4) is 0 Å². The molecule has 0 fully saturated rings. The summed E-state index contributed by atoms with van der Waals surface area (Å²) in [6.45, 7) is 0.